The molecule has 20 heavy (non-hydrogen) atoms. The Morgan fingerprint density at radius 3 is 2.50 bits per heavy atom. The van der Waals surface area contributed by atoms with Gasteiger partial charge in [0, 0.05) is 11.8 Å². The number of hydrogen-bond donors (Lipinski definition) is 0. The van der Waals surface area contributed by atoms with Crippen molar-refractivity contribution in [3.63, 3.8) is 0 Å². The standard InChI is InChI=1S/C13H7ClF3N3/c14-12-11(19-10-6-3-7-18-20(10)12)8-4-1-2-5-9(8)13(15,16)17/h1-7H. The molecule has 0 aliphatic rings. The van der Waals surface area contributed by atoms with Crippen LogP contribution in [0.2, 0.25) is 5.15 Å². The van der Waals surface area contributed by atoms with Crippen LogP contribution in [0.5, 0.6) is 0 Å². The first-order valence-corrected chi connectivity index (χ1v) is 6.02. The number of benzene rings is 1. The van der Waals surface area contributed by atoms with Gasteiger partial charge in [0.1, 0.15) is 5.69 Å². The van der Waals surface area contributed by atoms with Gasteiger partial charge in [0.25, 0.3) is 0 Å². The zero-order chi connectivity index (χ0) is 14.3. The highest BCUT2D eigenvalue weighted by molar-refractivity contribution is 6.32. The fourth-order valence-corrected chi connectivity index (χ4v) is 2.24. The minimum Gasteiger partial charge on any atom is -0.225 e. The lowest BCUT2D eigenvalue weighted by Gasteiger charge is -2.10. The number of nitrogens with zero attached hydrogens (tertiary/aromatic N) is 3. The summed E-state index contributed by atoms with van der Waals surface area (Å²) in [6, 6.07) is 8.45. The molecule has 0 N–H and O–H groups in total. The van der Waals surface area contributed by atoms with Crippen molar-refractivity contribution < 1.29 is 13.2 Å². The van der Waals surface area contributed by atoms with Gasteiger partial charge in [-0.15, -0.1) is 0 Å². The zero-order valence-corrected chi connectivity index (χ0v) is 10.7. The van der Waals surface area contributed by atoms with Crippen molar-refractivity contribution in [2.24, 2.45) is 0 Å². The van der Waals surface area contributed by atoms with Crippen molar-refractivity contribution in [1.82, 2.24) is 14.6 Å². The van der Waals surface area contributed by atoms with Gasteiger partial charge < -0.3 is 0 Å². The number of imidazole rings is 1. The van der Waals surface area contributed by atoms with Crippen molar-refractivity contribution >= 4 is 17.2 Å². The Labute approximate surface area is 116 Å². The average molecular weight is 298 g/mol. The fourth-order valence-electron chi connectivity index (χ4n) is 1.97. The van der Waals surface area contributed by atoms with Crippen molar-refractivity contribution in [2.75, 3.05) is 0 Å². The number of fused-ring (bicyclic) bond motifs is 1. The highest BCUT2D eigenvalue weighted by atomic mass is 35.5. The Morgan fingerprint density at radius 1 is 1.05 bits per heavy atom. The molecule has 0 aliphatic heterocycles. The molecule has 0 amide bonds. The molecule has 0 fully saturated rings. The third-order valence-corrected chi connectivity index (χ3v) is 3.16. The van der Waals surface area contributed by atoms with Crippen molar-refractivity contribution in [3.05, 3.63) is 53.3 Å². The first kappa shape index (κ1) is 12.9. The van der Waals surface area contributed by atoms with E-state index in [1.54, 1.807) is 12.1 Å². The van der Waals surface area contributed by atoms with Crippen LogP contribution < -0.4 is 0 Å². The van der Waals surface area contributed by atoms with Crippen LogP contribution >= 0.6 is 11.6 Å². The fraction of sp³-hybridized carbons (Fsp3) is 0.0769. The molecule has 0 spiro atoms. The van der Waals surface area contributed by atoms with Gasteiger partial charge in [-0.3, -0.25) is 0 Å². The van der Waals surface area contributed by atoms with E-state index in [0.29, 0.717) is 5.65 Å². The maximum atomic E-state index is 13.0. The summed E-state index contributed by atoms with van der Waals surface area (Å²) in [5, 5.41) is 4.01. The van der Waals surface area contributed by atoms with Gasteiger partial charge in [0.15, 0.2) is 10.8 Å². The monoisotopic (exact) mass is 297 g/mol. The van der Waals surface area contributed by atoms with Gasteiger partial charge in [-0.2, -0.15) is 18.3 Å². The first-order valence-electron chi connectivity index (χ1n) is 5.64. The second-order valence-electron chi connectivity index (χ2n) is 4.09. The Balaban J connectivity index is 2.29. The summed E-state index contributed by atoms with van der Waals surface area (Å²) in [6.07, 6.45) is -2.98. The summed E-state index contributed by atoms with van der Waals surface area (Å²) < 4.78 is 40.4. The predicted molar refractivity (Wildman–Crippen MR) is 68.4 cm³/mol. The Morgan fingerprint density at radius 2 is 1.80 bits per heavy atom. The SMILES string of the molecule is FC(F)(F)c1ccccc1-c1nc2cccnn2c1Cl. The summed E-state index contributed by atoms with van der Waals surface area (Å²) >= 11 is 6.08. The normalized spacial score (nSPS) is 12.0. The van der Waals surface area contributed by atoms with Crippen LogP contribution in [0.25, 0.3) is 16.9 Å². The molecule has 0 bridgehead atoms. The lowest BCUT2D eigenvalue weighted by atomic mass is 10.0. The molecule has 3 nitrogen and oxygen atoms in total. The summed E-state index contributed by atoms with van der Waals surface area (Å²) in [7, 11) is 0. The quantitative estimate of drug-likeness (QED) is 0.678. The van der Waals surface area contributed by atoms with Gasteiger partial charge in [-0.25, -0.2) is 9.50 Å². The van der Waals surface area contributed by atoms with Gasteiger partial charge >= 0.3 is 6.18 Å². The third kappa shape index (κ3) is 2.02. The molecule has 3 rings (SSSR count). The Kier molecular flexibility index (Phi) is 2.90. The van der Waals surface area contributed by atoms with E-state index in [0.717, 1.165) is 6.07 Å². The minimum atomic E-state index is -4.47. The van der Waals surface area contributed by atoms with Gasteiger partial charge in [0.2, 0.25) is 0 Å². The summed E-state index contributed by atoms with van der Waals surface area (Å²) in [5.41, 5.74) is -0.372. The van der Waals surface area contributed by atoms with E-state index in [2.05, 4.69) is 10.1 Å². The number of rotatable bonds is 1. The average Bonchev–Trinajstić information content (AvgIpc) is 2.76. The Bertz CT molecular complexity index is 780. The molecule has 0 saturated carbocycles. The molecular weight excluding hydrogens is 291 g/mol. The molecule has 3 aromatic rings. The molecule has 7 heteroatoms. The van der Waals surface area contributed by atoms with Crippen molar-refractivity contribution in [1.29, 1.82) is 0 Å². The van der Waals surface area contributed by atoms with Crippen LogP contribution in [0.15, 0.2) is 42.6 Å². The molecule has 1 aromatic carbocycles. The Hall–Kier alpha value is -2.08. The number of halogens is 4. The van der Waals surface area contributed by atoms with Crippen molar-refractivity contribution in [2.45, 2.75) is 6.18 Å². The first-order chi connectivity index (χ1) is 9.48. The number of hydrogen-bond acceptors (Lipinski definition) is 2. The molecule has 0 atom stereocenters. The van der Waals surface area contributed by atoms with Crippen LogP contribution in [0.4, 0.5) is 13.2 Å². The van der Waals surface area contributed by atoms with Crippen LogP contribution in [0.1, 0.15) is 5.56 Å². The maximum Gasteiger partial charge on any atom is 0.417 e. The smallest absolute Gasteiger partial charge is 0.225 e. The number of alkyl halides is 3. The van der Waals surface area contributed by atoms with E-state index in [-0.39, 0.29) is 16.4 Å². The van der Waals surface area contributed by atoms with E-state index in [1.165, 1.54) is 28.9 Å². The molecule has 102 valence electrons. The molecule has 2 heterocycles. The molecule has 0 aliphatic carbocycles. The molecular formula is C13H7ClF3N3. The summed E-state index contributed by atoms with van der Waals surface area (Å²) in [6.45, 7) is 0. The third-order valence-electron chi connectivity index (χ3n) is 2.83. The summed E-state index contributed by atoms with van der Waals surface area (Å²) in [5.74, 6) is 0. The lowest BCUT2D eigenvalue weighted by Crippen LogP contribution is -2.07. The summed E-state index contributed by atoms with van der Waals surface area (Å²) in [4.78, 5) is 4.13. The van der Waals surface area contributed by atoms with Crippen LogP contribution in [-0.2, 0) is 6.18 Å². The van der Waals surface area contributed by atoms with Crippen LogP contribution in [0, 0.1) is 0 Å². The maximum absolute atomic E-state index is 13.0. The zero-order valence-electron chi connectivity index (χ0n) is 9.89. The predicted octanol–water partition coefficient (Wildman–Crippen LogP) is 4.07. The van der Waals surface area contributed by atoms with Gasteiger partial charge in [-0.05, 0) is 18.2 Å². The van der Waals surface area contributed by atoms with E-state index < -0.39 is 11.7 Å². The highest BCUT2D eigenvalue weighted by Gasteiger charge is 2.34. The van der Waals surface area contributed by atoms with Crippen LogP contribution in [0.3, 0.4) is 0 Å². The van der Waals surface area contributed by atoms with Crippen LogP contribution in [-0.4, -0.2) is 14.6 Å². The van der Waals surface area contributed by atoms with E-state index in [4.69, 9.17) is 11.6 Å². The highest BCUT2D eigenvalue weighted by Crippen LogP contribution is 2.38. The number of aromatic nitrogens is 3. The topological polar surface area (TPSA) is 30.2 Å². The minimum absolute atomic E-state index is 0.0531. The largest absolute Gasteiger partial charge is 0.417 e. The lowest BCUT2D eigenvalue weighted by molar-refractivity contribution is -0.137. The molecule has 2 aromatic heterocycles. The van der Waals surface area contributed by atoms with Crippen molar-refractivity contribution in [3.8, 4) is 11.3 Å². The molecule has 0 saturated heterocycles. The van der Waals surface area contributed by atoms with E-state index in [1.807, 2.05) is 0 Å². The van der Waals surface area contributed by atoms with E-state index >= 15 is 0 Å². The van der Waals surface area contributed by atoms with Gasteiger partial charge in [-0.1, -0.05) is 29.8 Å². The molecule has 0 radical (unpaired) electrons. The molecule has 0 unspecified atom stereocenters. The van der Waals surface area contributed by atoms with Gasteiger partial charge in [0.05, 0.1) is 5.56 Å². The second kappa shape index (κ2) is 4.49. The van der Waals surface area contributed by atoms with E-state index in [9.17, 15) is 13.2 Å². The second-order valence-corrected chi connectivity index (χ2v) is 4.45.